The van der Waals surface area contributed by atoms with Crippen molar-refractivity contribution in [2.24, 2.45) is 0 Å². The SMILES string of the molecule is COC(=O)c1cc(N2CCCCC2CCC(=O)O)ccn1. The molecule has 0 aromatic carbocycles. The summed E-state index contributed by atoms with van der Waals surface area (Å²) in [6.45, 7) is 0.870. The molecule has 0 amide bonds. The molecule has 1 aromatic heterocycles. The second kappa shape index (κ2) is 7.06. The number of anilines is 1. The molecule has 0 radical (unpaired) electrons. The van der Waals surface area contributed by atoms with Gasteiger partial charge in [0.15, 0.2) is 0 Å². The third kappa shape index (κ3) is 3.93. The molecule has 0 aliphatic carbocycles. The topological polar surface area (TPSA) is 79.7 Å². The van der Waals surface area contributed by atoms with Crippen molar-refractivity contribution in [2.45, 2.75) is 38.1 Å². The third-order valence-corrected chi connectivity index (χ3v) is 3.79. The summed E-state index contributed by atoms with van der Waals surface area (Å²) >= 11 is 0. The maximum atomic E-state index is 11.6. The van der Waals surface area contributed by atoms with E-state index in [-0.39, 0.29) is 18.2 Å². The summed E-state index contributed by atoms with van der Waals surface area (Å²) in [5.74, 6) is -1.23. The number of carbonyl (C=O) groups is 2. The Hall–Kier alpha value is -2.11. The fourth-order valence-electron chi connectivity index (χ4n) is 2.74. The summed E-state index contributed by atoms with van der Waals surface area (Å²) in [6.07, 6.45) is 5.52. The Labute approximate surface area is 123 Å². The van der Waals surface area contributed by atoms with Gasteiger partial charge in [-0.1, -0.05) is 0 Å². The number of pyridine rings is 1. The van der Waals surface area contributed by atoms with Gasteiger partial charge in [-0.3, -0.25) is 4.79 Å². The van der Waals surface area contributed by atoms with Crippen molar-refractivity contribution in [3.63, 3.8) is 0 Å². The number of ether oxygens (including phenoxy) is 1. The van der Waals surface area contributed by atoms with E-state index in [2.05, 4.69) is 14.6 Å². The lowest BCUT2D eigenvalue weighted by atomic mass is 9.97. The molecule has 1 fully saturated rings. The number of carbonyl (C=O) groups excluding carboxylic acids is 1. The molecule has 1 aliphatic heterocycles. The maximum Gasteiger partial charge on any atom is 0.356 e. The van der Waals surface area contributed by atoms with Crippen molar-refractivity contribution in [2.75, 3.05) is 18.6 Å². The molecular formula is C15H20N2O4. The standard InChI is InChI=1S/C15H20N2O4/c1-21-15(20)13-10-12(7-8-16-13)17-9-3-2-4-11(17)5-6-14(18)19/h7-8,10-11H,2-6,9H2,1H3,(H,18,19). The summed E-state index contributed by atoms with van der Waals surface area (Å²) in [5, 5.41) is 8.86. The van der Waals surface area contributed by atoms with Crippen LogP contribution in [0, 0.1) is 0 Å². The van der Waals surface area contributed by atoms with Crippen LogP contribution in [0.2, 0.25) is 0 Å². The molecule has 1 saturated heterocycles. The predicted octanol–water partition coefficient (Wildman–Crippen LogP) is 2.09. The average Bonchev–Trinajstić information content (AvgIpc) is 2.52. The molecule has 0 saturated carbocycles. The smallest absolute Gasteiger partial charge is 0.356 e. The first-order chi connectivity index (χ1) is 10.1. The number of piperidine rings is 1. The molecule has 1 unspecified atom stereocenters. The van der Waals surface area contributed by atoms with E-state index in [4.69, 9.17) is 5.11 Å². The van der Waals surface area contributed by atoms with Crippen molar-refractivity contribution in [3.05, 3.63) is 24.0 Å². The molecule has 1 aromatic rings. The average molecular weight is 292 g/mol. The Kier molecular flexibility index (Phi) is 5.14. The normalized spacial score (nSPS) is 18.3. The second-order valence-corrected chi connectivity index (χ2v) is 5.17. The number of rotatable bonds is 5. The minimum atomic E-state index is -0.773. The van der Waals surface area contributed by atoms with Gasteiger partial charge in [-0.05, 0) is 37.8 Å². The van der Waals surface area contributed by atoms with E-state index in [0.29, 0.717) is 6.42 Å². The van der Waals surface area contributed by atoms with Gasteiger partial charge in [0.2, 0.25) is 0 Å². The Balaban J connectivity index is 2.16. The zero-order valence-electron chi connectivity index (χ0n) is 12.1. The monoisotopic (exact) mass is 292 g/mol. The van der Waals surface area contributed by atoms with Crippen LogP contribution in [-0.4, -0.2) is 41.7 Å². The molecular weight excluding hydrogens is 272 g/mol. The minimum Gasteiger partial charge on any atom is -0.481 e. The third-order valence-electron chi connectivity index (χ3n) is 3.79. The zero-order valence-corrected chi connectivity index (χ0v) is 12.1. The first-order valence-corrected chi connectivity index (χ1v) is 7.14. The Morgan fingerprint density at radius 2 is 2.29 bits per heavy atom. The fourth-order valence-corrected chi connectivity index (χ4v) is 2.74. The zero-order chi connectivity index (χ0) is 15.2. The number of carboxylic acids is 1. The van der Waals surface area contributed by atoms with Crippen molar-refractivity contribution in [3.8, 4) is 0 Å². The van der Waals surface area contributed by atoms with E-state index >= 15 is 0 Å². The van der Waals surface area contributed by atoms with Gasteiger partial charge < -0.3 is 14.7 Å². The van der Waals surface area contributed by atoms with Crippen LogP contribution in [0.3, 0.4) is 0 Å². The first kappa shape index (κ1) is 15.3. The van der Waals surface area contributed by atoms with Crippen molar-refractivity contribution >= 4 is 17.6 Å². The Morgan fingerprint density at radius 1 is 1.48 bits per heavy atom. The first-order valence-electron chi connectivity index (χ1n) is 7.14. The molecule has 1 N–H and O–H groups in total. The predicted molar refractivity (Wildman–Crippen MR) is 77.4 cm³/mol. The van der Waals surface area contributed by atoms with Crippen molar-refractivity contribution < 1.29 is 19.4 Å². The molecule has 2 heterocycles. The fraction of sp³-hybridized carbons (Fsp3) is 0.533. The number of hydrogen-bond donors (Lipinski definition) is 1. The highest BCUT2D eigenvalue weighted by Crippen LogP contribution is 2.27. The minimum absolute atomic E-state index is 0.163. The van der Waals surface area contributed by atoms with Crippen LogP contribution in [0.15, 0.2) is 18.3 Å². The molecule has 0 spiro atoms. The van der Waals surface area contributed by atoms with Gasteiger partial charge >= 0.3 is 11.9 Å². The van der Waals surface area contributed by atoms with Crippen molar-refractivity contribution in [1.82, 2.24) is 4.98 Å². The Bertz CT molecular complexity index is 518. The van der Waals surface area contributed by atoms with E-state index in [0.717, 1.165) is 31.5 Å². The highest BCUT2D eigenvalue weighted by Gasteiger charge is 2.24. The number of aliphatic carboxylic acids is 1. The van der Waals surface area contributed by atoms with E-state index in [1.807, 2.05) is 6.07 Å². The van der Waals surface area contributed by atoms with E-state index < -0.39 is 11.9 Å². The maximum absolute atomic E-state index is 11.6. The van der Waals surface area contributed by atoms with Crippen LogP contribution >= 0.6 is 0 Å². The van der Waals surface area contributed by atoms with Crippen LogP contribution in [-0.2, 0) is 9.53 Å². The van der Waals surface area contributed by atoms with Gasteiger partial charge in [0.05, 0.1) is 7.11 Å². The van der Waals surface area contributed by atoms with Gasteiger partial charge in [-0.25, -0.2) is 9.78 Å². The van der Waals surface area contributed by atoms with E-state index in [9.17, 15) is 9.59 Å². The van der Waals surface area contributed by atoms with Crippen LogP contribution in [0.5, 0.6) is 0 Å². The number of methoxy groups -OCH3 is 1. The number of nitrogens with zero attached hydrogens (tertiary/aromatic N) is 2. The Morgan fingerprint density at radius 3 is 3.00 bits per heavy atom. The lowest BCUT2D eigenvalue weighted by Crippen LogP contribution is -2.40. The summed E-state index contributed by atoms with van der Waals surface area (Å²) in [6, 6.07) is 3.76. The summed E-state index contributed by atoms with van der Waals surface area (Å²) in [7, 11) is 1.33. The molecule has 6 nitrogen and oxygen atoms in total. The highest BCUT2D eigenvalue weighted by molar-refractivity contribution is 5.88. The molecule has 0 bridgehead atoms. The largest absolute Gasteiger partial charge is 0.481 e. The molecule has 114 valence electrons. The van der Waals surface area contributed by atoms with Gasteiger partial charge in [0, 0.05) is 30.9 Å². The number of carboxylic acid groups (broad SMARTS) is 1. The molecule has 1 atom stereocenters. The molecule has 6 heteroatoms. The lowest BCUT2D eigenvalue weighted by Gasteiger charge is -2.37. The van der Waals surface area contributed by atoms with Gasteiger partial charge in [0.1, 0.15) is 5.69 Å². The number of hydrogen-bond acceptors (Lipinski definition) is 5. The van der Waals surface area contributed by atoms with E-state index in [1.54, 1.807) is 12.3 Å². The summed E-state index contributed by atoms with van der Waals surface area (Å²) < 4.78 is 4.69. The summed E-state index contributed by atoms with van der Waals surface area (Å²) in [4.78, 5) is 28.5. The van der Waals surface area contributed by atoms with Crippen molar-refractivity contribution in [1.29, 1.82) is 0 Å². The van der Waals surface area contributed by atoms with Crippen LogP contribution in [0.25, 0.3) is 0 Å². The van der Waals surface area contributed by atoms with E-state index in [1.165, 1.54) is 7.11 Å². The molecule has 21 heavy (non-hydrogen) atoms. The van der Waals surface area contributed by atoms with Gasteiger partial charge in [0.25, 0.3) is 0 Å². The van der Waals surface area contributed by atoms with Gasteiger partial charge in [-0.15, -0.1) is 0 Å². The van der Waals surface area contributed by atoms with Gasteiger partial charge in [-0.2, -0.15) is 0 Å². The van der Waals surface area contributed by atoms with Crippen LogP contribution in [0.1, 0.15) is 42.6 Å². The number of esters is 1. The molecule has 2 rings (SSSR count). The van der Waals surface area contributed by atoms with Crippen LogP contribution in [0.4, 0.5) is 5.69 Å². The summed E-state index contributed by atoms with van der Waals surface area (Å²) in [5.41, 5.74) is 1.18. The highest BCUT2D eigenvalue weighted by atomic mass is 16.5. The van der Waals surface area contributed by atoms with Crippen LogP contribution < -0.4 is 4.90 Å². The molecule has 1 aliphatic rings. The lowest BCUT2D eigenvalue weighted by molar-refractivity contribution is -0.137. The number of aromatic nitrogens is 1. The second-order valence-electron chi connectivity index (χ2n) is 5.17. The quantitative estimate of drug-likeness (QED) is 0.837.